The van der Waals surface area contributed by atoms with E-state index in [9.17, 15) is 9.59 Å². The van der Waals surface area contributed by atoms with Gasteiger partial charge in [-0.25, -0.2) is 4.98 Å². The third-order valence-electron chi connectivity index (χ3n) is 3.26. The molecule has 1 fully saturated rings. The summed E-state index contributed by atoms with van der Waals surface area (Å²) >= 11 is 1.36. The molecule has 116 valence electrons. The maximum absolute atomic E-state index is 12.1. The van der Waals surface area contributed by atoms with E-state index in [1.807, 2.05) is 0 Å². The van der Waals surface area contributed by atoms with Crippen molar-refractivity contribution in [2.75, 3.05) is 6.61 Å². The van der Waals surface area contributed by atoms with E-state index in [2.05, 4.69) is 15.8 Å². The molecule has 22 heavy (non-hydrogen) atoms. The molecule has 3 rings (SSSR count). The number of amides is 2. The Kier molecular flexibility index (Phi) is 4.21. The standard InChI is InChI=1S/C14H15N3O4S/c1-8-11(15-14(22-8)10-5-3-7-21-10)13(19)17-16-12(18)9-4-2-6-20-9/h3,5,7,9H,2,4,6H2,1H3,(H,16,18)(H,17,19). The minimum absolute atomic E-state index is 0.268. The van der Waals surface area contributed by atoms with Crippen molar-refractivity contribution >= 4 is 23.2 Å². The molecule has 2 N–H and O–H groups in total. The molecule has 1 unspecified atom stereocenters. The van der Waals surface area contributed by atoms with Crippen molar-refractivity contribution in [1.29, 1.82) is 0 Å². The van der Waals surface area contributed by atoms with Crippen LogP contribution in [0.3, 0.4) is 0 Å². The number of nitrogens with one attached hydrogen (secondary N) is 2. The summed E-state index contributed by atoms with van der Waals surface area (Å²) in [4.78, 5) is 28.9. The highest BCUT2D eigenvalue weighted by atomic mass is 32.1. The van der Waals surface area contributed by atoms with E-state index in [4.69, 9.17) is 9.15 Å². The van der Waals surface area contributed by atoms with Gasteiger partial charge in [-0.2, -0.15) is 0 Å². The lowest BCUT2D eigenvalue weighted by Gasteiger charge is -2.10. The second-order valence-corrected chi connectivity index (χ2v) is 6.05. The minimum atomic E-state index is -0.490. The zero-order valence-corrected chi connectivity index (χ0v) is 12.7. The highest BCUT2D eigenvalue weighted by Crippen LogP contribution is 2.27. The van der Waals surface area contributed by atoms with Crippen LogP contribution >= 0.6 is 11.3 Å². The summed E-state index contributed by atoms with van der Waals surface area (Å²) in [6.45, 7) is 2.37. The van der Waals surface area contributed by atoms with Crippen molar-refractivity contribution in [3.8, 4) is 10.8 Å². The molecule has 0 radical (unpaired) electrons. The first kappa shape index (κ1) is 14.7. The van der Waals surface area contributed by atoms with Crippen LogP contribution in [0.2, 0.25) is 0 Å². The fraction of sp³-hybridized carbons (Fsp3) is 0.357. The van der Waals surface area contributed by atoms with Gasteiger partial charge in [0.25, 0.3) is 11.8 Å². The topological polar surface area (TPSA) is 93.5 Å². The molecule has 2 aromatic heterocycles. The highest BCUT2D eigenvalue weighted by Gasteiger charge is 2.24. The number of aryl methyl sites for hydroxylation is 1. The predicted octanol–water partition coefficient (Wildman–Crippen LogP) is 1.65. The predicted molar refractivity (Wildman–Crippen MR) is 79.1 cm³/mol. The SMILES string of the molecule is Cc1sc(-c2ccco2)nc1C(=O)NNC(=O)C1CCCO1. The average Bonchev–Trinajstić information content (AvgIpc) is 3.23. The normalized spacial score (nSPS) is 17.4. The quantitative estimate of drug-likeness (QED) is 0.839. The number of hydrogen-bond acceptors (Lipinski definition) is 6. The number of rotatable bonds is 3. The van der Waals surface area contributed by atoms with Gasteiger partial charge in [-0.3, -0.25) is 20.4 Å². The van der Waals surface area contributed by atoms with Gasteiger partial charge in [-0.15, -0.1) is 11.3 Å². The number of furan rings is 1. The Balaban J connectivity index is 1.63. The van der Waals surface area contributed by atoms with Gasteiger partial charge in [-0.05, 0) is 31.9 Å². The lowest BCUT2D eigenvalue weighted by atomic mass is 10.2. The number of aromatic nitrogens is 1. The molecular formula is C14H15N3O4S. The lowest BCUT2D eigenvalue weighted by Crippen LogP contribution is -2.46. The maximum Gasteiger partial charge on any atom is 0.289 e. The molecule has 1 atom stereocenters. The third-order valence-corrected chi connectivity index (χ3v) is 4.25. The summed E-state index contributed by atoms with van der Waals surface area (Å²) in [6.07, 6.45) is 2.58. The zero-order chi connectivity index (χ0) is 15.5. The Morgan fingerprint density at radius 2 is 2.27 bits per heavy atom. The molecule has 0 aromatic carbocycles. The van der Waals surface area contributed by atoms with Crippen molar-refractivity contribution in [2.24, 2.45) is 0 Å². The van der Waals surface area contributed by atoms with E-state index in [0.29, 0.717) is 23.8 Å². The molecule has 0 saturated carbocycles. The first-order chi connectivity index (χ1) is 10.6. The first-order valence-corrected chi connectivity index (χ1v) is 7.70. The summed E-state index contributed by atoms with van der Waals surface area (Å²) in [7, 11) is 0. The monoisotopic (exact) mass is 321 g/mol. The van der Waals surface area contributed by atoms with Crippen LogP contribution < -0.4 is 10.9 Å². The van der Waals surface area contributed by atoms with E-state index in [-0.39, 0.29) is 11.6 Å². The molecule has 7 nitrogen and oxygen atoms in total. The molecule has 0 bridgehead atoms. The van der Waals surface area contributed by atoms with Crippen LogP contribution in [-0.4, -0.2) is 29.5 Å². The number of carbonyl (C=O) groups is 2. The Bertz CT molecular complexity index is 674. The van der Waals surface area contributed by atoms with Gasteiger partial charge >= 0.3 is 0 Å². The van der Waals surface area contributed by atoms with E-state index in [1.165, 1.54) is 11.3 Å². The van der Waals surface area contributed by atoms with E-state index in [0.717, 1.165) is 11.3 Å². The number of thiazole rings is 1. The van der Waals surface area contributed by atoms with Gasteiger partial charge in [0, 0.05) is 11.5 Å². The van der Waals surface area contributed by atoms with Crippen molar-refractivity contribution in [3.05, 3.63) is 29.0 Å². The largest absolute Gasteiger partial charge is 0.462 e. The molecule has 0 spiro atoms. The Hall–Kier alpha value is -2.19. The number of ether oxygens (including phenoxy) is 1. The van der Waals surface area contributed by atoms with E-state index in [1.54, 1.807) is 25.3 Å². The van der Waals surface area contributed by atoms with Gasteiger partial charge in [0.05, 0.1) is 6.26 Å². The lowest BCUT2D eigenvalue weighted by molar-refractivity contribution is -0.130. The average molecular weight is 321 g/mol. The van der Waals surface area contributed by atoms with E-state index < -0.39 is 12.0 Å². The molecule has 2 amide bonds. The maximum atomic E-state index is 12.1. The van der Waals surface area contributed by atoms with Crippen LogP contribution in [0.1, 0.15) is 28.2 Å². The summed E-state index contributed by atoms with van der Waals surface area (Å²) < 4.78 is 10.5. The zero-order valence-electron chi connectivity index (χ0n) is 11.9. The van der Waals surface area contributed by atoms with Crippen LogP contribution in [0.25, 0.3) is 10.8 Å². The van der Waals surface area contributed by atoms with Crippen LogP contribution in [0, 0.1) is 6.92 Å². The summed E-state index contributed by atoms with van der Waals surface area (Å²) in [6, 6.07) is 3.53. The van der Waals surface area contributed by atoms with Gasteiger partial charge in [0.1, 0.15) is 11.8 Å². The molecule has 2 aromatic rings. The Labute approximate surface area is 130 Å². The van der Waals surface area contributed by atoms with Crippen LogP contribution in [-0.2, 0) is 9.53 Å². The fourth-order valence-corrected chi connectivity index (χ4v) is 3.03. The van der Waals surface area contributed by atoms with Crippen LogP contribution in [0.5, 0.6) is 0 Å². The van der Waals surface area contributed by atoms with Crippen LogP contribution in [0.15, 0.2) is 22.8 Å². The first-order valence-electron chi connectivity index (χ1n) is 6.88. The molecule has 1 saturated heterocycles. The van der Waals surface area contributed by atoms with Gasteiger partial charge < -0.3 is 9.15 Å². The van der Waals surface area contributed by atoms with Crippen molar-refractivity contribution in [3.63, 3.8) is 0 Å². The second-order valence-electron chi connectivity index (χ2n) is 4.85. The number of nitrogens with zero attached hydrogens (tertiary/aromatic N) is 1. The molecule has 1 aliphatic rings. The number of hydrazine groups is 1. The van der Waals surface area contributed by atoms with E-state index >= 15 is 0 Å². The highest BCUT2D eigenvalue weighted by molar-refractivity contribution is 7.15. The van der Waals surface area contributed by atoms with Crippen LogP contribution in [0.4, 0.5) is 0 Å². The smallest absolute Gasteiger partial charge is 0.289 e. The Morgan fingerprint density at radius 3 is 2.95 bits per heavy atom. The summed E-state index contributed by atoms with van der Waals surface area (Å²) in [5, 5.41) is 0.623. The third kappa shape index (κ3) is 3.02. The minimum Gasteiger partial charge on any atom is -0.462 e. The fourth-order valence-electron chi connectivity index (χ4n) is 2.16. The van der Waals surface area contributed by atoms with Gasteiger partial charge in [0.2, 0.25) is 0 Å². The second kappa shape index (κ2) is 6.29. The summed E-state index contributed by atoms with van der Waals surface area (Å²) in [5.74, 6) is -0.196. The van der Waals surface area contributed by atoms with Gasteiger partial charge in [0.15, 0.2) is 10.8 Å². The molecule has 8 heteroatoms. The Morgan fingerprint density at radius 1 is 1.41 bits per heavy atom. The van der Waals surface area contributed by atoms with Gasteiger partial charge in [-0.1, -0.05) is 0 Å². The summed E-state index contributed by atoms with van der Waals surface area (Å²) in [5.41, 5.74) is 5.01. The van der Waals surface area contributed by atoms with Crippen molar-refractivity contribution < 1.29 is 18.7 Å². The van der Waals surface area contributed by atoms with Crippen molar-refractivity contribution in [2.45, 2.75) is 25.9 Å². The number of carbonyl (C=O) groups excluding carboxylic acids is 2. The molecular weight excluding hydrogens is 306 g/mol. The molecule has 0 aliphatic carbocycles. The van der Waals surface area contributed by atoms with Crippen molar-refractivity contribution in [1.82, 2.24) is 15.8 Å². The number of hydrogen-bond donors (Lipinski definition) is 2. The molecule has 1 aliphatic heterocycles. The molecule has 3 heterocycles.